The second-order valence-corrected chi connectivity index (χ2v) is 7.30. The summed E-state index contributed by atoms with van der Waals surface area (Å²) in [5, 5.41) is 25.5. The molecule has 0 unspecified atom stereocenters. The van der Waals surface area contributed by atoms with E-state index >= 15 is 0 Å². The SMILES string of the molecule is O=C(O)[C@H]1NCCN(C(=O)c2ccc3cc(Cl)c4ccccc4c3c2)[C@H]1C(=O)O. The maximum atomic E-state index is 13.1. The number of rotatable bonds is 3. The summed E-state index contributed by atoms with van der Waals surface area (Å²) in [6.45, 7) is 0.289. The number of carbonyl (C=O) groups excluding carboxylic acids is 1. The number of carboxylic acids is 2. The van der Waals surface area contributed by atoms with Crippen molar-refractivity contribution in [2.24, 2.45) is 0 Å². The summed E-state index contributed by atoms with van der Waals surface area (Å²) in [4.78, 5) is 37.4. The molecule has 29 heavy (non-hydrogen) atoms. The van der Waals surface area contributed by atoms with E-state index in [2.05, 4.69) is 5.32 Å². The van der Waals surface area contributed by atoms with E-state index in [1.165, 1.54) is 0 Å². The van der Waals surface area contributed by atoms with Crippen molar-refractivity contribution in [3.05, 3.63) is 59.1 Å². The summed E-state index contributed by atoms with van der Waals surface area (Å²) in [6.07, 6.45) is 0. The summed E-state index contributed by atoms with van der Waals surface area (Å²) >= 11 is 6.36. The number of aliphatic carboxylic acids is 2. The van der Waals surface area contributed by atoms with E-state index in [4.69, 9.17) is 11.6 Å². The van der Waals surface area contributed by atoms with Crippen molar-refractivity contribution in [3.8, 4) is 0 Å². The van der Waals surface area contributed by atoms with Gasteiger partial charge >= 0.3 is 11.9 Å². The Morgan fingerprint density at radius 3 is 2.38 bits per heavy atom. The minimum atomic E-state index is -1.49. The lowest BCUT2D eigenvalue weighted by molar-refractivity contribution is -0.152. The molecule has 1 saturated heterocycles. The Morgan fingerprint density at radius 2 is 1.69 bits per heavy atom. The number of fused-ring (bicyclic) bond motifs is 3. The van der Waals surface area contributed by atoms with E-state index < -0.39 is 29.9 Å². The first-order chi connectivity index (χ1) is 13.9. The first kappa shape index (κ1) is 19.2. The molecule has 3 N–H and O–H groups in total. The zero-order valence-electron chi connectivity index (χ0n) is 15.1. The highest BCUT2D eigenvalue weighted by atomic mass is 35.5. The van der Waals surface area contributed by atoms with Gasteiger partial charge in [-0.05, 0) is 34.4 Å². The van der Waals surface area contributed by atoms with Crippen LogP contribution < -0.4 is 5.32 Å². The first-order valence-corrected chi connectivity index (χ1v) is 9.37. The monoisotopic (exact) mass is 412 g/mol. The molecule has 1 aliphatic heterocycles. The molecule has 1 amide bonds. The smallest absolute Gasteiger partial charge is 0.328 e. The number of hydrogen-bond donors (Lipinski definition) is 3. The van der Waals surface area contributed by atoms with E-state index in [9.17, 15) is 24.6 Å². The number of nitrogens with one attached hydrogen (secondary N) is 1. The van der Waals surface area contributed by atoms with Crippen LogP contribution in [0.1, 0.15) is 10.4 Å². The molecule has 0 aromatic heterocycles. The summed E-state index contributed by atoms with van der Waals surface area (Å²) in [5.74, 6) is -3.20. The summed E-state index contributed by atoms with van der Waals surface area (Å²) in [6, 6.07) is 11.6. The number of hydrogen-bond acceptors (Lipinski definition) is 4. The summed E-state index contributed by atoms with van der Waals surface area (Å²) in [7, 11) is 0. The Hall–Kier alpha value is -3.16. The van der Waals surface area contributed by atoms with Crippen LogP contribution in [0.4, 0.5) is 0 Å². The Labute approximate surface area is 170 Å². The number of carboxylic acid groups (broad SMARTS) is 2. The Morgan fingerprint density at radius 1 is 0.966 bits per heavy atom. The number of benzene rings is 3. The molecular formula is C21H17ClN2O5. The highest BCUT2D eigenvalue weighted by Gasteiger charge is 2.43. The van der Waals surface area contributed by atoms with Gasteiger partial charge in [-0.15, -0.1) is 0 Å². The molecule has 7 nitrogen and oxygen atoms in total. The van der Waals surface area contributed by atoms with Crippen LogP contribution in [-0.2, 0) is 9.59 Å². The van der Waals surface area contributed by atoms with Gasteiger partial charge in [-0.2, -0.15) is 0 Å². The van der Waals surface area contributed by atoms with Crippen LogP contribution in [0, 0.1) is 0 Å². The molecule has 1 aliphatic rings. The third kappa shape index (κ3) is 3.28. The van der Waals surface area contributed by atoms with Crippen molar-refractivity contribution in [2.75, 3.05) is 13.1 Å². The normalized spacial score (nSPS) is 19.4. The molecule has 1 fully saturated rings. The van der Waals surface area contributed by atoms with E-state index in [1.807, 2.05) is 30.3 Å². The van der Waals surface area contributed by atoms with Crippen LogP contribution in [0.15, 0.2) is 48.5 Å². The maximum Gasteiger partial charge on any atom is 0.328 e. The van der Waals surface area contributed by atoms with Gasteiger partial charge in [0.1, 0.15) is 6.04 Å². The maximum absolute atomic E-state index is 13.1. The number of piperazine rings is 1. The Kier molecular flexibility index (Phi) is 4.86. The number of amides is 1. The lowest BCUT2D eigenvalue weighted by Crippen LogP contribution is -2.65. The molecule has 3 aromatic carbocycles. The van der Waals surface area contributed by atoms with Crippen molar-refractivity contribution in [1.29, 1.82) is 0 Å². The van der Waals surface area contributed by atoms with Crippen LogP contribution in [-0.4, -0.2) is 58.1 Å². The molecule has 148 valence electrons. The van der Waals surface area contributed by atoms with Crippen molar-refractivity contribution >= 4 is 51.0 Å². The van der Waals surface area contributed by atoms with Crippen LogP contribution in [0.3, 0.4) is 0 Å². The van der Waals surface area contributed by atoms with Crippen LogP contribution in [0.25, 0.3) is 21.5 Å². The Balaban J connectivity index is 1.80. The van der Waals surface area contributed by atoms with Gasteiger partial charge in [0.05, 0.1) is 0 Å². The molecule has 3 aromatic rings. The Bertz CT molecular complexity index is 1160. The van der Waals surface area contributed by atoms with Gasteiger partial charge in [-0.1, -0.05) is 41.9 Å². The predicted molar refractivity (Wildman–Crippen MR) is 108 cm³/mol. The van der Waals surface area contributed by atoms with Gasteiger partial charge in [-0.25, -0.2) is 4.79 Å². The zero-order valence-corrected chi connectivity index (χ0v) is 15.9. The van der Waals surface area contributed by atoms with Gasteiger partial charge in [0.15, 0.2) is 6.04 Å². The summed E-state index contributed by atoms with van der Waals surface area (Å²) in [5.41, 5.74) is 0.294. The first-order valence-electron chi connectivity index (χ1n) is 8.99. The minimum absolute atomic E-state index is 0.0962. The van der Waals surface area contributed by atoms with Crippen molar-refractivity contribution in [2.45, 2.75) is 12.1 Å². The average Bonchev–Trinajstić information content (AvgIpc) is 2.72. The average molecular weight is 413 g/mol. The second kappa shape index (κ2) is 7.35. The molecule has 0 saturated carbocycles. The van der Waals surface area contributed by atoms with Gasteiger partial charge in [0, 0.05) is 29.1 Å². The fourth-order valence-electron chi connectivity index (χ4n) is 3.85. The van der Waals surface area contributed by atoms with E-state index in [-0.39, 0.29) is 13.1 Å². The van der Waals surface area contributed by atoms with Crippen molar-refractivity contribution < 1.29 is 24.6 Å². The van der Waals surface area contributed by atoms with Gasteiger partial charge in [0.25, 0.3) is 5.91 Å². The standard InChI is InChI=1S/C21H17ClN2O5/c22-16-10-11-5-6-12(9-15(11)13-3-1-2-4-14(13)16)19(25)24-8-7-23-17(20(26)27)18(24)21(28)29/h1-6,9-10,17-18,23H,7-8H2,(H,26,27)(H,28,29)/t17-,18+/m0/s1. The lowest BCUT2D eigenvalue weighted by Gasteiger charge is -2.37. The lowest BCUT2D eigenvalue weighted by atomic mass is 9.98. The molecule has 0 spiro atoms. The third-order valence-corrected chi connectivity index (χ3v) is 5.52. The van der Waals surface area contributed by atoms with E-state index in [1.54, 1.807) is 18.2 Å². The molecular weight excluding hydrogens is 396 g/mol. The van der Waals surface area contributed by atoms with E-state index in [0.717, 1.165) is 26.4 Å². The van der Waals surface area contributed by atoms with Crippen molar-refractivity contribution in [1.82, 2.24) is 10.2 Å². The number of nitrogens with zero attached hydrogens (tertiary/aromatic N) is 1. The van der Waals surface area contributed by atoms with Gasteiger partial charge in [0.2, 0.25) is 0 Å². The molecule has 0 aliphatic carbocycles. The number of halogens is 1. The molecule has 1 heterocycles. The highest BCUT2D eigenvalue weighted by Crippen LogP contribution is 2.32. The fraction of sp³-hybridized carbons (Fsp3) is 0.190. The largest absolute Gasteiger partial charge is 0.480 e. The quantitative estimate of drug-likeness (QED) is 0.571. The second-order valence-electron chi connectivity index (χ2n) is 6.89. The fourth-order valence-corrected chi connectivity index (χ4v) is 4.13. The minimum Gasteiger partial charge on any atom is -0.480 e. The van der Waals surface area contributed by atoms with Crippen LogP contribution in [0.2, 0.25) is 5.02 Å². The molecule has 0 bridgehead atoms. The van der Waals surface area contributed by atoms with E-state index in [0.29, 0.717) is 10.6 Å². The zero-order chi connectivity index (χ0) is 20.7. The van der Waals surface area contributed by atoms with Crippen LogP contribution >= 0.6 is 11.6 Å². The molecule has 4 rings (SSSR count). The van der Waals surface area contributed by atoms with Crippen molar-refractivity contribution in [3.63, 3.8) is 0 Å². The third-order valence-electron chi connectivity index (χ3n) is 5.21. The molecule has 0 radical (unpaired) electrons. The number of carbonyl (C=O) groups is 3. The molecule has 2 atom stereocenters. The van der Waals surface area contributed by atoms with Gasteiger partial charge in [-0.3, -0.25) is 9.59 Å². The predicted octanol–water partition coefficient (Wildman–Crippen LogP) is 2.60. The van der Waals surface area contributed by atoms with Crippen LogP contribution in [0.5, 0.6) is 0 Å². The topological polar surface area (TPSA) is 107 Å². The molecule has 8 heteroatoms. The summed E-state index contributed by atoms with van der Waals surface area (Å²) < 4.78 is 0. The highest BCUT2D eigenvalue weighted by molar-refractivity contribution is 6.37. The van der Waals surface area contributed by atoms with Gasteiger partial charge < -0.3 is 20.4 Å².